The average molecular weight is 431 g/mol. The van der Waals surface area contributed by atoms with E-state index >= 15 is 4.57 Å². The van der Waals surface area contributed by atoms with Crippen molar-refractivity contribution in [1.29, 1.82) is 5.26 Å². The molecule has 1 unspecified atom stereocenters. The number of para-hydroxylation sites is 2. The summed E-state index contributed by atoms with van der Waals surface area (Å²) in [5.74, 6) is 0.737. The van der Waals surface area contributed by atoms with Gasteiger partial charge in [0.2, 0.25) is 0 Å². The molecule has 0 saturated carbocycles. The zero-order chi connectivity index (χ0) is 21.7. The van der Waals surface area contributed by atoms with Gasteiger partial charge in [0.15, 0.2) is 0 Å². The zero-order valence-corrected chi connectivity index (χ0v) is 18.5. The summed E-state index contributed by atoms with van der Waals surface area (Å²) in [4.78, 5) is 0. The first-order valence-corrected chi connectivity index (χ1v) is 12.1. The van der Waals surface area contributed by atoms with Gasteiger partial charge >= 0.3 is 0 Å². The summed E-state index contributed by atoms with van der Waals surface area (Å²) in [7, 11) is -1.62. The first kappa shape index (κ1) is 21.0. The predicted molar refractivity (Wildman–Crippen MR) is 126 cm³/mol. The molecule has 1 heterocycles. The fourth-order valence-corrected chi connectivity index (χ4v) is 7.85. The smallest absolute Gasteiger partial charge is 0.271 e. The third-order valence-corrected chi connectivity index (χ3v) is 9.27. The molecular weight excluding hydrogens is 405 g/mol. The van der Waals surface area contributed by atoms with E-state index in [0.29, 0.717) is 13.1 Å². The lowest BCUT2D eigenvalue weighted by Crippen LogP contribution is -2.41. The minimum Gasteiger partial charge on any atom is -0.497 e. The van der Waals surface area contributed by atoms with Gasteiger partial charge in [0, 0.05) is 24.5 Å². The van der Waals surface area contributed by atoms with Gasteiger partial charge in [-0.3, -0.25) is 4.57 Å². The van der Waals surface area contributed by atoms with Crippen molar-refractivity contribution in [1.82, 2.24) is 0 Å². The van der Waals surface area contributed by atoms with Gasteiger partial charge in [-0.05, 0) is 48.4 Å². The SMILES string of the molecule is COc1ccc(C(CC#N)P2(=O)N(c3ccccc3)CCCN2c2ccccc2)cc1. The molecule has 0 radical (unpaired) electrons. The van der Waals surface area contributed by atoms with Gasteiger partial charge in [-0.2, -0.15) is 5.26 Å². The molecule has 6 heteroatoms. The van der Waals surface area contributed by atoms with Gasteiger partial charge in [0.25, 0.3) is 7.44 Å². The van der Waals surface area contributed by atoms with Crippen LogP contribution in [-0.2, 0) is 4.57 Å². The van der Waals surface area contributed by atoms with Crippen LogP contribution in [0.2, 0.25) is 0 Å². The highest BCUT2D eigenvalue weighted by Crippen LogP contribution is 2.68. The topological polar surface area (TPSA) is 56.6 Å². The Hall–Kier alpha value is -3.22. The Morgan fingerprint density at radius 3 is 1.87 bits per heavy atom. The van der Waals surface area contributed by atoms with Crippen LogP contribution in [0, 0.1) is 11.3 Å². The van der Waals surface area contributed by atoms with Gasteiger partial charge < -0.3 is 14.1 Å². The molecule has 1 fully saturated rings. The summed E-state index contributed by atoms with van der Waals surface area (Å²) in [6, 6.07) is 29.7. The molecular formula is C25H26N3O2P. The third kappa shape index (κ3) is 4.04. The molecule has 0 amide bonds. The Balaban J connectivity index is 1.89. The maximum Gasteiger partial charge on any atom is 0.271 e. The van der Waals surface area contributed by atoms with Crippen molar-refractivity contribution >= 4 is 18.8 Å². The molecule has 3 aromatic carbocycles. The van der Waals surface area contributed by atoms with E-state index in [1.165, 1.54) is 0 Å². The van der Waals surface area contributed by atoms with Crippen molar-refractivity contribution in [2.45, 2.75) is 18.5 Å². The quantitative estimate of drug-likeness (QED) is 0.431. The third-order valence-electron chi connectivity index (χ3n) is 5.73. The standard InChI is InChI=1S/C25H26N3O2P/c1-30-24-15-13-21(14-16-24)25(17-18-26)31(29)27(22-9-4-2-5-10-22)19-8-20-28(31)23-11-6-3-7-12-23/h2-7,9-16,25H,8,17,19-20H2,1H3. The summed E-state index contributed by atoms with van der Waals surface area (Å²) in [6.45, 7) is 1.37. The van der Waals surface area contributed by atoms with Gasteiger partial charge in [-0.1, -0.05) is 48.5 Å². The van der Waals surface area contributed by atoms with Crippen molar-refractivity contribution < 1.29 is 9.30 Å². The van der Waals surface area contributed by atoms with E-state index in [1.807, 2.05) is 94.3 Å². The molecule has 1 saturated heterocycles. The molecule has 31 heavy (non-hydrogen) atoms. The van der Waals surface area contributed by atoms with Crippen molar-refractivity contribution in [3.8, 4) is 11.8 Å². The largest absolute Gasteiger partial charge is 0.497 e. The van der Waals surface area contributed by atoms with Crippen LogP contribution >= 0.6 is 7.44 Å². The Labute approximate surface area is 184 Å². The zero-order valence-electron chi connectivity index (χ0n) is 17.6. The van der Waals surface area contributed by atoms with E-state index in [0.717, 1.165) is 29.1 Å². The first-order valence-electron chi connectivity index (χ1n) is 10.4. The summed E-state index contributed by atoms with van der Waals surface area (Å²) in [5, 5.41) is 9.72. The highest BCUT2D eigenvalue weighted by molar-refractivity contribution is 7.67. The van der Waals surface area contributed by atoms with Gasteiger partial charge in [0.1, 0.15) is 5.75 Å². The fourth-order valence-electron chi connectivity index (χ4n) is 4.26. The molecule has 4 rings (SSSR count). The highest BCUT2D eigenvalue weighted by Gasteiger charge is 2.47. The summed E-state index contributed by atoms with van der Waals surface area (Å²) in [5.41, 5.74) is 2.27. The summed E-state index contributed by atoms with van der Waals surface area (Å²) < 4.78 is 24.6. The summed E-state index contributed by atoms with van der Waals surface area (Å²) >= 11 is 0. The van der Waals surface area contributed by atoms with Crippen molar-refractivity contribution in [3.63, 3.8) is 0 Å². The van der Waals surface area contributed by atoms with E-state index in [1.54, 1.807) is 7.11 Å². The molecule has 0 bridgehead atoms. The van der Waals surface area contributed by atoms with Crippen LogP contribution in [0.25, 0.3) is 0 Å². The predicted octanol–water partition coefficient (Wildman–Crippen LogP) is 6.26. The molecule has 1 atom stereocenters. The number of hydrogen-bond acceptors (Lipinski definition) is 3. The highest BCUT2D eigenvalue weighted by atomic mass is 31.2. The van der Waals surface area contributed by atoms with Crippen LogP contribution in [0.1, 0.15) is 24.1 Å². The van der Waals surface area contributed by atoms with Gasteiger partial charge in [-0.25, -0.2) is 0 Å². The Morgan fingerprint density at radius 2 is 1.42 bits per heavy atom. The molecule has 0 N–H and O–H groups in total. The van der Waals surface area contributed by atoms with Crippen LogP contribution < -0.4 is 14.1 Å². The second kappa shape index (κ2) is 9.29. The van der Waals surface area contributed by atoms with E-state index in [4.69, 9.17) is 4.74 Å². The van der Waals surface area contributed by atoms with Crippen LogP contribution in [0.15, 0.2) is 84.9 Å². The lowest BCUT2D eigenvalue weighted by molar-refractivity contribution is 0.414. The number of ether oxygens (including phenoxy) is 1. The molecule has 1 aliphatic rings. The number of nitriles is 1. The number of nitrogens with zero attached hydrogens (tertiary/aromatic N) is 3. The van der Waals surface area contributed by atoms with Gasteiger partial charge in [0.05, 0.1) is 25.3 Å². The molecule has 158 valence electrons. The molecule has 0 aliphatic carbocycles. The monoisotopic (exact) mass is 431 g/mol. The van der Waals surface area contributed by atoms with Crippen LogP contribution in [0.5, 0.6) is 5.75 Å². The molecule has 1 aliphatic heterocycles. The molecule has 0 aromatic heterocycles. The number of anilines is 2. The number of rotatable bonds is 6. The lowest BCUT2D eigenvalue weighted by atomic mass is 10.1. The van der Waals surface area contributed by atoms with Crippen LogP contribution in [0.3, 0.4) is 0 Å². The normalized spacial score (nSPS) is 16.4. The Morgan fingerprint density at radius 1 is 0.903 bits per heavy atom. The van der Waals surface area contributed by atoms with E-state index in [9.17, 15) is 5.26 Å². The second-order valence-electron chi connectivity index (χ2n) is 7.51. The molecule has 3 aromatic rings. The minimum atomic E-state index is -3.25. The second-order valence-corrected chi connectivity index (χ2v) is 10.3. The van der Waals surface area contributed by atoms with Crippen molar-refractivity contribution in [2.75, 3.05) is 29.5 Å². The van der Waals surface area contributed by atoms with Crippen molar-refractivity contribution in [3.05, 3.63) is 90.5 Å². The van der Waals surface area contributed by atoms with E-state index in [2.05, 4.69) is 6.07 Å². The number of hydrogen-bond donors (Lipinski definition) is 0. The Bertz CT molecular complexity index is 1030. The maximum atomic E-state index is 15.2. The fraction of sp³-hybridized carbons (Fsp3) is 0.240. The first-order chi connectivity index (χ1) is 15.2. The van der Waals surface area contributed by atoms with Gasteiger partial charge in [-0.15, -0.1) is 0 Å². The number of methoxy groups -OCH3 is 1. The maximum absolute atomic E-state index is 15.2. The van der Waals surface area contributed by atoms with Crippen molar-refractivity contribution in [2.24, 2.45) is 0 Å². The lowest BCUT2D eigenvalue weighted by Gasteiger charge is -2.48. The average Bonchev–Trinajstić information content (AvgIpc) is 2.84. The van der Waals surface area contributed by atoms with Crippen LogP contribution in [0.4, 0.5) is 11.4 Å². The minimum absolute atomic E-state index is 0.163. The van der Waals surface area contributed by atoms with Crippen LogP contribution in [-0.4, -0.2) is 20.2 Å². The van der Waals surface area contributed by atoms with E-state index < -0.39 is 13.1 Å². The molecule has 0 spiro atoms. The number of benzene rings is 3. The summed E-state index contributed by atoms with van der Waals surface area (Å²) in [6.07, 6.45) is 1.05. The van der Waals surface area contributed by atoms with E-state index in [-0.39, 0.29) is 6.42 Å². The molecule has 5 nitrogen and oxygen atoms in total. The Kier molecular flexibility index (Phi) is 6.30.